The quantitative estimate of drug-likeness (QED) is 0.214. The minimum absolute atomic E-state index is 0.696. The van der Waals surface area contributed by atoms with Crippen LogP contribution in [0.3, 0.4) is 0 Å². The van der Waals surface area contributed by atoms with E-state index in [9.17, 15) is 0 Å². The van der Waals surface area contributed by atoms with Gasteiger partial charge in [-0.05, 0) is 74.4 Å². The predicted octanol–water partition coefficient (Wildman–Crippen LogP) is 7.79. The standard InChI is InChI=1S/C35H27N7O/c1-22-17-18-36-32(19-22)41-31-21-28(15-16-29(31)40-30-14-7-9-23(2)33(30)38-35(40)41)43-27-13-8-12-26(20-27)42-34(37-24(3)39-42)25-10-5-4-6-11-25/h4-21H,1-3H3. The van der Waals surface area contributed by atoms with Crippen LogP contribution in [0.25, 0.3) is 50.7 Å². The van der Waals surface area contributed by atoms with E-state index < -0.39 is 0 Å². The Morgan fingerprint density at radius 1 is 0.674 bits per heavy atom. The molecule has 8 nitrogen and oxygen atoms in total. The minimum Gasteiger partial charge on any atom is -0.457 e. The van der Waals surface area contributed by atoms with E-state index in [-0.39, 0.29) is 0 Å². The maximum absolute atomic E-state index is 6.47. The number of para-hydroxylation sites is 1. The van der Waals surface area contributed by atoms with Crippen LogP contribution in [0.15, 0.2) is 109 Å². The number of benzene rings is 4. The summed E-state index contributed by atoms with van der Waals surface area (Å²) in [5.41, 5.74) is 8.15. The number of pyridine rings is 1. The number of hydrogen-bond acceptors (Lipinski definition) is 5. The number of aryl methyl sites for hydroxylation is 3. The molecule has 0 N–H and O–H groups in total. The normalized spacial score (nSPS) is 11.6. The van der Waals surface area contributed by atoms with E-state index in [0.29, 0.717) is 17.3 Å². The van der Waals surface area contributed by atoms with Gasteiger partial charge in [-0.15, -0.1) is 0 Å². The van der Waals surface area contributed by atoms with Crippen LogP contribution in [0.4, 0.5) is 0 Å². The van der Waals surface area contributed by atoms with Crippen molar-refractivity contribution in [1.82, 2.24) is 33.7 Å². The molecule has 0 spiro atoms. The van der Waals surface area contributed by atoms with Crippen LogP contribution in [0.1, 0.15) is 17.0 Å². The maximum Gasteiger partial charge on any atom is 0.221 e. The summed E-state index contributed by atoms with van der Waals surface area (Å²) < 4.78 is 12.6. The first kappa shape index (κ1) is 25.0. The highest BCUT2D eigenvalue weighted by atomic mass is 16.5. The second-order valence-corrected chi connectivity index (χ2v) is 10.7. The number of imidazole rings is 2. The minimum atomic E-state index is 0.696. The smallest absolute Gasteiger partial charge is 0.221 e. The van der Waals surface area contributed by atoms with Gasteiger partial charge in [0.05, 0.1) is 27.8 Å². The average molecular weight is 562 g/mol. The van der Waals surface area contributed by atoms with E-state index in [2.05, 4.69) is 69.3 Å². The van der Waals surface area contributed by atoms with Gasteiger partial charge in [0.25, 0.3) is 0 Å². The van der Waals surface area contributed by atoms with Crippen molar-refractivity contribution < 1.29 is 4.74 Å². The van der Waals surface area contributed by atoms with Gasteiger partial charge < -0.3 is 4.74 Å². The number of ether oxygens (including phenoxy) is 1. The van der Waals surface area contributed by atoms with Crippen LogP contribution in [-0.2, 0) is 0 Å². The Bertz CT molecular complexity index is 2310. The first-order chi connectivity index (χ1) is 21.0. The van der Waals surface area contributed by atoms with Crippen molar-refractivity contribution in [2.45, 2.75) is 20.8 Å². The Kier molecular flexibility index (Phi) is 5.62. The van der Waals surface area contributed by atoms with Crippen molar-refractivity contribution in [3.63, 3.8) is 0 Å². The monoisotopic (exact) mass is 561 g/mol. The molecule has 0 aliphatic rings. The SMILES string of the molecule is Cc1ccnc(-n2c3cc(Oc4cccc(-n5nc(C)nc5-c5ccccc5)c4)ccc3n3c4cccc(C)c4nc23)c1. The lowest BCUT2D eigenvalue weighted by Gasteiger charge is -2.11. The molecular formula is C35H27N7O. The summed E-state index contributed by atoms with van der Waals surface area (Å²) in [5, 5.41) is 4.68. The first-order valence-corrected chi connectivity index (χ1v) is 14.2. The lowest BCUT2D eigenvalue weighted by atomic mass is 10.2. The third kappa shape index (κ3) is 4.15. The van der Waals surface area contributed by atoms with Gasteiger partial charge in [-0.3, -0.25) is 8.97 Å². The van der Waals surface area contributed by atoms with Gasteiger partial charge in [0.1, 0.15) is 23.1 Å². The zero-order valence-corrected chi connectivity index (χ0v) is 23.9. The van der Waals surface area contributed by atoms with Crippen molar-refractivity contribution in [2.75, 3.05) is 0 Å². The van der Waals surface area contributed by atoms with Gasteiger partial charge in [-0.2, -0.15) is 5.10 Å². The summed E-state index contributed by atoms with van der Waals surface area (Å²) in [6.45, 7) is 6.06. The predicted molar refractivity (Wildman–Crippen MR) is 168 cm³/mol. The zero-order valence-electron chi connectivity index (χ0n) is 23.9. The zero-order chi connectivity index (χ0) is 29.1. The molecule has 208 valence electrons. The molecule has 0 aliphatic carbocycles. The van der Waals surface area contributed by atoms with E-state index in [1.165, 1.54) is 0 Å². The van der Waals surface area contributed by atoms with Gasteiger partial charge in [0, 0.05) is 23.9 Å². The fourth-order valence-corrected chi connectivity index (χ4v) is 5.71. The van der Waals surface area contributed by atoms with Crippen molar-refractivity contribution in [3.8, 4) is 34.4 Å². The van der Waals surface area contributed by atoms with Crippen LogP contribution in [-0.4, -0.2) is 33.7 Å². The summed E-state index contributed by atoms with van der Waals surface area (Å²) in [7, 11) is 0. The van der Waals surface area contributed by atoms with Crippen LogP contribution < -0.4 is 4.74 Å². The third-order valence-corrected chi connectivity index (χ3v) is 7.67. The second-order valence-electron chi connectivity index (χ2n) is 10.7. The Morgan fingerprint density at radius 2 is 1.51 bits per heavy atom. The lowest BCUT2D eigenvalue weighted by molar-refractivity contribution is 0.483. The molecule has 0 saturated heterocycles. The topological polar surface area (TPSA) is 75.1 Å². The van der Waals surface area contributed by atoms with Gasteiger partial charge in [-0.25, -0.2) is 19.6 Å². The highest BCUT2D eigenvalue weighted by molar-refractivity contribution is 5.93. The molecule has 8 aromatic rings. The summed E-state index contributed by atoms with van der Waals surface area (Å²) in [4.78, 5) is 14.5. The van der Waals surface area contributed by atoms with Crippen molar-refractivity contribution in [3.05, 3.63) is 126 Å². The Labute approximate surface area is 247 Å². The molecule has 0 radical (unpaired) electrons. The third-order valence-electron chi connectivity index (χ3n) is 7.67. The summed E-state index contributed by atoms with van der Waals surface area (Å²) in [5.74, 6) is 4.51. The molecule has 4 heterocycles. The van der Waals surface area contributed by atoms with E-state index in [4.69, 9.17) is 14.7 Å². The molecule has 0 atom stereocenters. The Morgan fingerprint density at radius 3 is 2.37 bits per heavy atom. The Hall–Kier alpha value is -5.76. The molecule has 0 bridgehead atoms. The van der Waals surface area contributed by atoms with Crippen molar-refractivity contribution in [1.29, 1.82) is 0 Å². The van der Waals surface area contributed by atoms with Crippen LogP contribution in [0, 0.1) is 20.8 Å². The highest BCUT2D eigenvalue weighted by Crippen LogP contribution is 2.34. The largest absolute Gasteiger partial charge is 0.457 e. The van der Waals surface area contributed by atoms with Crippen LogP contribution >= 0.6 is 0 Å². The Balaban J connectivity index is 1.25. The molecule has 8 rings (SSSR count). The van der Waals surface area contributed by atoms with Crippen molar-refractivity contribution >= 4 is 27.8 Å². The van der Waals surface area contributed by atoms with Gasteiger partial charge in [0.2, 0.25) is 5.78 Å². The number of nitrogens with zero attached hydrogens (tertiary/aromatic N) is 7. The van der Waals surface area contributed by atoms with E-state index in [1.807, 2.05) is 84.5 Å². The first-order valence-electron chi connectivity index (χ1n) is 14.2. The summed E-state index contributed by atoms with van der Waals surface area (Å²) in [6.07, 6.45) is 1.84. The van der Waals surface area contributed by atoms with Crippen LogP contribution in [0.5, 0.6) is 11.5 Å². The van der Waals surface area contributed by atoms with Gasteiger partial charge in [0.15, 0.2) is 5.82 Å². The molecule has 0 saturated carbocycles. The average Bonchev–Trinajstić information content (AvgIpc) is 3.69. The molecule has 0 unspecified atom stereocenters. The number of hydrogen-bond donors (Lipinski definition) is 0. The number of aromatic nitrogens is 7. The molecule has 8 heteroatoms. The fraction of sp³-hybridized carbons (Fsp3) is 0.0857. The summed E-state index contributed by atoms with van der Waals surface area (Å²) in [6, 6.07) is 34.5. The van der Waals surface area contributed by atoms with E-state index in [1.54, 1.807) is 0 Å². The van der Waals surface area contributed by atoms with Crippen molar-refractivity contribution in [2.24, 2.45) is 0 Å². The van der Waals surface area contributed by atoms with Gasteiger partial charge in [-0.1, -0.05) is 48.5 Å². The number of rotatable bonds is 5. The van der Waals surface area contributed by atoms with E-state index in [0.717, 1.165) is 61.9 Å². The molecule has 0 amide bonds. The fourth-order valence-electron chi connectivity index (χ4n) is 5.71. The van der Waals surface area contributed by atoms with E-state index >= 15 is 0 Å². The van der Waals surface area contributed by atoms with Gasteiger partial charge >= 0.3 is 0 Å². The highest BCUT2D eigenvalue weighted by Gasteiger charge is 2.20. The second kappa shape index (κ2) is 9.66. The molecule has 43 heavy (non-hydrogen) atoms. The molecule has 0 aliphatic heterocycles. The maximum atomic E-state index is 6.47. The molecule has 4 aromatic carbocycles. The molecule has 0 fully saturated rings. The molecular weight excluding hydrogens is 534 g/mol. The summed E-state index contributed by atoms with van der Waals surface area (Å²) >= 11 is 0. The lowest BCUT2D eigenvalue weighted by Crippen LogP contribution is -2.00. The molecule has 4 aromatic heterocycles. The number of fused-ring (bicyclic) bond motifs is 5. The van der Waals surface area contributed by atoms with Crippen LogP contribution in [0.2, 0.25) is 0 Å².